The van der Waals surface area contributed by atoms with Crippen LogP contribution in [0.2, 0.25) is 15.1 Å². The third kappa shape index (κ3) is 3.56. The van der Waals surface area contributed by atoms with Gasteiger partial charge < -0.3 is 13.6 Å². The molecule has 136 valence electrons. The zero-order valence-corrected chi connectivity index (χ0v) is 15.9. The highest BCUT2D eigenvalue weighted by Gasteiger charge is 2.20. The normalized spacial score (nSPS) is 11.1. The summed E-state index contributed by atoms with van der Waals surface area (Å²) < 4.78 is 17.1. The van der Waals surface area contributed by atoms with E-state index in [1.54, 1.807) is 48.5 Å². The molecule has 0 spiro atoms. The zero-order chi connectivity index (χ0) is 19.0. The molecule has 0 amide bonds. The van der Waals surface area contributed by atoms with E-state index in [1.807, 2.05) is 0 Å². The van der Waals surface area contributed by atoms with Crippen molar-refractivity contribution in [2.45, 2.75) is 6.61 Å². The number of hydrogen-bond acceptors (Lipinski definition) is 4. The summed E-state index contributed by atoms with van der Waals surface area (Å²) in [4.78, 5) is 13.0. The van der Waals surface area contributed by atoms with Crippen LogP contribution in [0.3, 0.4) is 0 Å². The van der Waals surface area contributed by atoms with Crippen molar-refractivity contribution in [3.8, 4) is 17.3 Å². The van der Waals surface area contributed by atoms with Gasteiger partial charge in [0.05, 0.1) is 21.7 Å². The Morgan fingerprint density at radius 3 is 2.56 bits per heavy atom. The van der Waals surface area contributed by atoms with Crippen LogP contribution in [0.5, 0.6) is 5.75 Å². The minimum absolute atomic E-state index is 0.0331. The fraction of sp³-hybridized carbons (Fsp3) is 0.0500. The Morgan fingerprint density at radius 1 is 0.963 bits per heavy atom. The molecule has 0 bridgehead atoms. The first-order valence-electron chi connectivity index (χ1n) is 7.90. The molecule has 0 fully saturated rings. The highest BCUT2D eigenvalue weighted by atomic mass is 35.5. The molecule has 7 heteroatoms. The molecule has 2 aromatic heterocycles. The van der Waals surface area contributed by atoms with Gasteiger partial charge >= 0.3 is 0 Å². The molecule has 0 aliphatic carbocycles. The van der Waals surface area contributed by atoms with Gasteiger partial charge in [0.2, 0.25) is 16.9 Å². The highest BCUT2D eigenvalue weighted by Crippen LogP contribution is 2.32. The van der Waals surface area contributed by atoms with Gasteiger partial charge in [0.25, 0.3) is 0 Å². The maximum absolute atomic E-state index is 13.0. The summed E-state index contributed by atoms with van der Waals surface area (Å²) in [6.45, 7) is 0.0986. The second kappa shape index (κ2) is 7.31. The topological polar surface area (TPSA) is 52.6 Å². The Balaban J connectivity index is 1.81. The van der Waals surface area contributed by atoms with Gasteiger partial charge in [0.1, 0.15) is 12.2 Å². The van der Waals surface area contributed by atoms with Gasteiger partial charge in [-0.1, -0.05) is 40.9 Å². The molecule has 2 aromatic carbocycles. The lowest BCUT2D eigenvalue weighted by molar-refractivity contribution is 0.296. The molecule has 0 aliphatic rings. The summed E-state index contributed by atoms with van der Waals surface area (Å²) in [5.41, 5.74) is 0.795. The van der Waals surface area contributed by atoms with E-state index < -0.39 is 0 Å². The van der Waals surface area contributed by atoms with E-state index >= 15 is 0 Å². The van der Waals surface area contributed by atoms with Gasteiger partial charge in [0.15, 0.2) is 5.76 Å². The van der Waals surface area contributed by atoms with E-state index in [1.165, 1.54) is 6.26 Å². The van der Waals surface area contributed by atoms with Crippen molar-refractivity contribution in [3.63, 3.8) is 0 Å². The van der Waals surface area contributed by atoms with Crippen LogP contribution in [-0.2, 0) is 6.61 Å². The predicted molar refractivity (Wildman–Crippen MR) is 106 cm³/mol. The molecule has 0 N–H and O–H groups in total. The standard InChI is InChI=1S/C20H11Cl3O4/c21-12-4-6-16-13(9-12)18(24)20(19(27-16)17-2-1-7-25-17)26-10-11-3-5-14(22)15(23)8-11/h1-9H,10H2. The predicted octanol–water partition coefficient (Wildman–Crippen LogP) is 6.59. The molecular weight excluding hydrogens is 411 g/mol. The van der Waals surface area contributed by atoms with Crippen LogP contribution in [0.25, 0.3) is 22.5 Å². The van der Waals surface area contributed by atoms with Gasteiger partial charge in [-0.25, -0.2) is 0 Å². The lowest BCUT2D eigenvalue weighted by Gasteiger charge is -2.11. The van der Waals surface area contributed by atoms with Crippen molar-refractivity contribution < 1.29 is 13.6 Å². The fourth-order valence-corrected chi connectivity index (χ4v) is 3.13. The first-order chi connectivity index (χ1) is 13.0. The minimum atomic E-state index is -0.342. The van der Waals surface area contributed by atoms with Crippen molar-refractivity contribution in [2.24, 2.45) is 0 Å². The van der Waals surface area contributed by atoms with E-state index in [0.717, 1.165) is 5.56 Å². The van der Waals surface area contributed by atoms with Gasteiger partial charge in [-0.2, -0.15) is 0 Å². The van der Waals surface area contributed by atoms with Gasteiger partial charge in [0, 0.05) is 5.02 Å². The summed E-state index contributed by atoms with van der Waals surface area (Å²) in [6.07, 6.45) is 1.49. The van der Waals surface area contributed by atoms with E-state index in [0.29, 0.717) is 31.8 Å². The average molecular weight is 422 g/mol. The molecule has 0 atom stereocenters. The Labute approximate surface area is 168 Å². The van der Waals surface area contributed by atoms with E-state index in [9.17, 15) is 4.79 Å². The first-order valence-corrected chi connectivity index (χ1v) is 9.03. The molecule has 4 nitrogen and oxygen atoms in total. The summed E-state index contributed by atoms with van der Waals surface area (Å²) in [6, 6.07) is 13.3. The van der Waals surface area contributed by atoms with Gasteiger partial charge in [-0.05, 0) is 48.0 Å². The van der Waals surface area contributed by atoms with Crippen molar-refractivity contribution in [3.05, 3.63) is 85.6 Å². The Kier molecular flexibility index (Phi) is 4.87. The molecule has 4 aromatic rings. The molecule has 0 radical (unpaired) electrons. The summed E-state index contributed by atoms with van der Waals surface area (Å²) >= 11 is 18.0. The molecule has 0 saturated carbocycles. The van der Waals surface area contributed by atoms with Crippen LogP contribution in [0.4, 0.5) is 0 Å². The van der Waals surface area contributed by atoms with E-state index in [-0.39, 0.29) is 23.5 Å². The number of fused-ring (bicyclic) bond motifs is 1. The van der Waals surface area contributed by atoms with Crippen molar-refractivity contribution >= 4 is 45.8 Å². The number of benzene rings is 2. The average Bonchev–Trinajstić information content (AvgIpc) is 3.18. The third-order valence-corrected chi connectivity index (χ3v) is 4.90. The molecule has 27 heavy (non-hydrogen) atoms. The van der Waals surface area contributed by atoms with Crippen LogP contribution in [0.1, 0.15) is 5.56 Å². The van der Waals surface area contributed by atoms with Gasteiger partial charge in [-0.3, -0.25) is 4.79 Å². The monoisotopic (exact) mass is 420 g/mol. The third-order valence-electron chi connectivity index (χ3n) is 3.92. The van der Waals surface area contributed by atoms with E-state index in [4.69, 9.17) is 48.4 Å². The molecule has 0 unspecified atom stereocenters. The number of hydrogen-bond donors (Lipinski definition) is 0. The summed E-state index contributed by atoms with van der Waals surface area (Å²) in [7, 11) is 0. The number of furan rings is 1. The second-order valence-electron chi connectivity index (χ2n) is 5.74. The summed E-state index contributed by atoms with van der Waals surface area (Å²) in [5, 5.41) is 1.59. The highest BCUT2D eigenvalue weighted by molar-refractivity contribution is 6.42. The maximum Gasteiger partial charge on any atom is 0.235 e. The molecular formula is C20H11Cl3O4. The quantitative estimate of drug-likeness (QED) is 0.373. The SMILES string of the molecule is O=c1c(OCc2ccc(Cl)c(Cl)c2)c(-c2ccco2)oc2ccc(Cl)cc12. The number of ether oxygens (including phenoxy) is 1. The molecule has 2 heterocycles. The Bertz CT molecular complexity index is 1180. The van der Waals surface area contributed by atoms with Crippen molar-refractivity contribution in [1.82, 2.24) is 0 Å². The largest absolute Gasteiger partial charge is 0.481 e. The molecule has 0 saturated heterocycles. The summed E-state index contributed by atoms with van der Waals surface area (Å²) in [5.74, 6) is 0.624. The van der Waals surface area contributed by atoms with Crippen LogP contribution in [0, 0.1) is 0 Å². The Morgan fingerprint density at radius 2 is 1.81 bits per heavy atom. The minimum Gasteiger partial charge on any atom is -0.481 e. The fourth-order valence-electron chi connectivity index (χ4n) is 2.64. The van der Waals surface area contributed by atoms with Crippen LogP contribution in [-0.4, -0.2) is 0 Å². The lowest BCUT2D eigenvalue weighted by atomic mass is 10.2. The van der Waals surface area contributed by atoms with Gasteiger partial charge in [-0.15, -0.1) is 0 Å². The van der Waals surface area contributed by atoms with Crippen molar-refractivity contribution in [1.29, 1.82) is 0 Å². The first kappa shape index (κ1) is 18.0. The lowest BCUT2D eigenvalue weighted by Crippen LogP contribution is -2.10. The Hall–Kier alpha value is -2.40. The van der Waals surface area contributed by atoms with Crippen LogP contribution < -0.4 is 10.2 Å². The van der Waals surface area contributed by atoms with Crippen LogP contribution in [0.15, 0.2) is 68.4 Å². The molecule has 0 aliphatic heterocycles. The second-order valence-corrected chi connectivity index (χ2v) is 7.00. The van der Waals surface area contributed by atoms with Crippen LogP contribution >= 0.6 is 34.8 Å². The number of rotatable bonds is 4. The number of halogens is 3. The van der Waals surface area contributed by atoms with Crippen molar-refractivity contribution in [2.75, 3.05) is 0 Å². The van der Waals surface area contributed by atoms with E-state index in [2.05, 4.69) is 0 Å². The maximum atomic E-state index is 13.0. The molecule has 4 rings (SSSR count). The zero-order valence-electron chi connectivity index (χ0n) is 13.7. The smallest absolute Gasteiger partial charge is 0.235 e.